The fourth-order valence-corrected chi connectivity index (χ4v) is 3.08. The van der Waals surface area contributed by atoms with Crippen molar-refractivity contribution in [3.05, 3.63) is 63.6 Å². The summed E-state index contributed by atoms with van der Waals surface area (Å²) in [4.78, 5) is 25.7. The fraction of sp³-hybridized carbons (Fsp3) is 0.133. The summed E-state index contributed by atoms with van der Waals surface area (Å²) in [7, 11) is 0. The normalized spacial score (nSPS) is 10.5. The number of hydrogen-bond donors (Lipinski definition) is 1. The number of H-pyrrole nitrogens is 1. The summed E-state index contributed by atoms with van der Waals surface area (Å²) in [5.41, 5.74) is 1.21. The van der Waals surface area contributed by atoms with Crippen LogP contribution in [-0.2, 0) is 17.6 Å². The maximum absolute atomic E-state index is 11.9. The Balaban J connectivity index is 1.64. The van der Waals surface area contributed by atoms with E-state index in [0.717, 1.165) is 16.2 Å². The van der Waals surface area contributed by atoms with Crippen LogP contribution in [0.25, 0.3) is 0 Å². The summed E-state index contributed by atoms with van der Waals surface area (Å²) < 4.78 is 0. The molecule has 0 atom stereocenters. The van der Waals surface area contributed by atoms with Gasteiger partial charge >= 0.3 is 0 Å². The van der Waals surface area contributed by atoms with E-state index in [1.54, 1.807) is 0 Å². The first-order valence-electron chi connectivity index (χ1n) is 6.65. The number of Topliss-reactive ketones (excluding diaryl/α,β-unsaturated/α-hetero) is 2. The van der Waals surface area contributed by atoms with Gasteiger partial charge in [0, 0.05) is 22.6 Å². The molecule has 0 aliphatic carbocycles. The number of aromatic amines is 1. The van der Waals surface area contributed by atoms with Crippen molar-refractivity contribution in [1.29, 1.82) is 0 Å². The molecular formula is C15H12N4O2S. The number of hydrogen-bond acceptors (Lipinski definition) is 6. The lowest BCUT2D eigenvalue weighted by atomic mass is 10.1. The summed E-state index contributed by atoms with van der Waals surface area (Å²) in [6.07, 6.45) is 0.880. The second-order valence-corrected chi connectivity index (χ2v) is 5.95. The molecule has 0 radical (unpaired) electrons. The van der Waals surface area contributed by atoms with Crippen LogP contribution >= 0.6 is 11.3 Å². The van der Waals surface area contributed by atoms with Crippen LogP contribution < -0.4 is 0 Å². The molecule has 0 fully saturated rings. The average Bonchev–Trinajstić information content (AvgIpc) is 3.19. The summed E-state index contributed by atoms with van der Waals surface area (Å²) in [6.45, 7) is 0. The Morgan fingerprint density at radius 3 is 2.55 bits per heavy atom. The molecule has 0 spiro atoms. The van der Waals surface area contributed by atoms with Gasteiger partial charge in [0.05, 0.1) is 0 Å². The van der Waals surface area contributed by atoms with Gasteiger partial charge in [-0.15, -0.1) is 21.5 Å². The molecule has 3 aromatic rings. The van der Waals surface area contributed by atoms with Crippen molar-refractivity contribution < 1.29 is 9.59 Å². The standard InChI is InChI=1S/C15H12N4O2S/c20-13(14(21)15-16-18-19-17-15)9-12-7-6-11(22-12)8-10-4-2-1-3-5-10/h1-7H,8-9H2,(H,16,17,18,19). The Labute approximate surface area is 130 Å². The Bertz CT molecular complexity index is 781. The molecule has 0 aliphatic heterocycles. The highest BCUT2D eigenvalue weighted by Gasteiger charge is 2.21. The van der Waals surface area contributed by atoms with Gasteiger partial charge in [-0.2, -0.15) is 5.21 Å². The number of rotatable bonds is 6. The first kappa shape index (κ1) is 14.3. The molecular weight excluding hydrogens is 300 g/mol. The summed E-state index contributed by atoms with van der Waals surface area (Å²) in [6, 6.07) is 14.0. The minimum atomic E-state index is -0.716. The SMILES string of the molecule is O=C(Cc1ccc(Cc2ccccc2)s1)C(=O)c1nn[nH]n1. The Morgan fingerprint density at radius 1 is 1.05 bits per heavy atom. The lowest BCUT2D eigenvalue weighted by molar-refractivity contribution is -0.114. The van der Waals surface area contributed by atoms with Crippen molar-refractivity contribution in [2.75, 3.05) is 0 Å². The third-order valence-corrected chi connectivity index (χ3v) is 4.16. The van der Waals surface area contributed by atoms with Crippen molar-refractivity contribution in [2.45, 2.75) is 12.8 Å². The van der Waals surface area contributed by atoms with Gasteiger partial charge in [0.2, 0.25) is 11.6 Å². The van der Waals surface area contributed by atoms with E-state index in [9.17, 15) is 9.59 Å². The molecule has 0 saturated carbocycles. The van der Waals surface area contributed by atoms with Crippen molar-refractivity contribution in [2.24, 2.45) is 0 Å². The zero-order chi connectivity index (χ0) is 15.4. The van der Waals surface area contributed by atoms with Crippen LogP contribution in [0.1, 0.15) is 25.9 Å². The van der Waals surface area contributed by atoms with Crippen molar-refractivity contribution in [3.63, 3.8) is 0 Å². The zero-order valence-electron chi connectivity index (χ0n) is 11.5. The lowest BCUT2D eigenvalue weighted by Crippen LogP contribution is -2.17. The molecule has 0 saturated heterocycles. The molecule has 0 unspecified atom stereocenters. The number of benzene rings is 1. The van der Waals surface area contributed by atoms with E-state index in [1.165, 1.54) is 16.9 Å². The molecule has 0 aliphatic rings. The van der Waals surface area contributed by atoms with Crippen LogP contribution in [0, 0.1) is 0 Å². The Hall–Kier alpha value is -2.67. The molecule has 1 aromatic carbocycles. The molecule has 110 valence electrons. The van der Waals surface area contributed by atoms with Crippen LogP contribution in [0.15, 0.2) is 42.5 Å². The molecule has 6 nitrogen and oxygen atoms in total. The highest BCUT2D eigenvalue weighted by atomic mass is 32.1. The van der Waals surface area contributed by atoms with Crippen LogP contribution in [0.4, 0.5) is 0 Å². The van der Waals surface area contributed by atoms with E-state index >= 15 is 0 Å². The first-order valence-corrected chi connectivity index (χ1v) is 7.46. The van der Waals surface area contributed by atoms with Gasteiger partial charge in [-0.05, 0) is 22.9 Å². The number of tetrazole rings is 1. The number of nitrogens with one attached hydrogen (secondary N) is 1. The van der Waals surface area contributed by atoms with E-state index in [4.69, 9.17) is 0 Å². The van der Waals surface area contributed by atoms with E-state index in [1.807, 2.05) is 30.3 Å². The van der Waals surface area contributed by atoms with E-state index in [-0.39, 0.29) is 12.2 Å². The maximum atomic E-state index is 11.9. The molecule has 22 heavy (non-hydrogen) atoms. The number of carbonyl (C=O) groups excluding carboxylic acids is 2. The predicted octanol–water partition coefficient (Wildman–Crippen LogP) is 1.85. The second-order valence-electron chi connectivity index (χ2n) is 4.69. The van der Waals surface area contributed by atoms with Crippen LogP contribution in [0.5, 0.6) is 0 Å². The lowest BCUT2D eigenvalue weighted by Gasteiger charge is -1.97. The fourth-order valence-electron chi connectivity index (χ4n) is 2.03. The topological polar surface area (TPSA) is 88.6 Å². The summed E-state index contributed by atoms with van der Waals surface area (Å²) >= 11 is 1.53. The van der Waals surface area contributed by atoms with E-state index in [2.05, 4.69) is 32.8 Å². The minimum absolute atomic E-state index is 0.0623. The van der Waals surface area contributed by atoms with Gasteiger partial charge in [-0.1, -0.05) is 30.3 Å². The van der Waals surface area contributed by atoms with Gasteiger partial charge in [-0.3, -0.25) is 9.59 Å². The highest BCUT2D eigenvalue weighted by molar-refractivity contribution is 7.12. The number of carbonyl (C=O) groups is 2. The largest absolute Gasteiger partial charge is 0.290 e. The number of ketones is 2. The number of aromatic nitrogens is 4. The van der Waals surface area contributed by atoms with Gasteiger partial charge in [0.15, 0.2) is 0 Å². The Morgan fingerprint density at radius 2 is 1.82 bits per heavy atom. The minimum Gasteiger partial charge on any atom is -0.290 e. The summed E-state index contributed by atoms with van der Waals surface area (Å²) in [5, 5.41) is 12.5. The second kappa shape index (κ2) is 6.40. The molecule has 0 bridgehead atoms. The third-order valence-electron chi connectivity index (χ3n) is 3.07. The molecule has 7 heteroatoms. The van der Waals surface area contributed by atoms with Gasteiger partial charge in [0.25, 0.3) is 5.78 Å². The first-order chi connectivity index (χ1) is 10.7. The zero-order valence-corrected chi connectivity index (χ0v) is 12.3. The average molecular weight is 312 g/mol. The summed E-state index contributed by atoms with van der Waals surface area (Å²) in [5.74, 6) is -1.44. The van der Waals surface area contributed by atoms with Crippen molar-refractivity contribution in [3.8, 4) is 0 Å². The van der Waals surface area contributed by atoms with Crippen molar-refractivity contribution >= 4 is 22.9 Å². The molecule has 2 heterocycles. The number of nitrogens with zero attached hydrogens (tertiary/aromatic N) is 3. The van der Waals surface area contributed by atoms with Crippen LogP contribution in [0.3, 0.4) is 0 Å². The smallest absolute Gasteiger partial charge is 0.269 e. The maximum Gasteiger partial charge on any atom is 0.269 e. The number of thiophene rings is 1. The van der Waals surface area contributed by atoms with Gasteiger partial charge in [-0.25, -0.2) is 0 Å². The Kier molecular flexibility index (Phi) is 4.15. The van der Waals surface area contributed by atoms with Gasteiger partial charge < -0.3 is 0 Å². The molecule has 2 aromatic heterocycles. The van der Waals surface area contributed by atoms with Crippen molar-refractivity contribution in [1.82, 2.24) is 20.6 Å². The third kappa shape index (κ3) is 3.32. The highest BCUT2D eigenvalue weighted by Crippen LogP contribution is 2.20. The van der Waals surface area contributed by atoms with Gasteiger partial charge in [0.1, 0.15) is 0 Å². The quantitative estimate of drug-likeness (QED) is 0.554. The van der Waals surface area contributed by atoms with E-state index in [0.29, 0.717) is 0 Å². The molecule has 3 rings (SSSR count). The molecule has 1 N–H and O–H groups in total. The monoisotopic (exact) mass is 312 g/mol. The predicted molar refractivity (Wildman–Crippen MR) is 80.8 cm³/mol. The van der Waals surface area contributed by atoms with Crippen LogP contribution in [0.2, 0.25) is 0 Å². The molecule has 0 amide bonds. The van der Waals surface area contributed by atoms with E-state index < -0.39 is 11.6 Å². The van der Waals surface area contributed by atoms with Crippen LogP contribution in [-0.4, -0.2) is 32.2 Å².